The van der Waals surface area contributed by atoms with E-state index in [0.29, 0.717) is 16.1 Å². The smallest absolute Gasteiger partial charge is 0.253 e. The summed E-state index contributed by atoms with van der Waals surface area (Å²) >= 11 is 6.25. The Hall–Kier alpha value is -2.31. The molecular weight excluding hydrogens is 364 g/mol. The van der Waals surface area contributed by atoms with E-state index < -0.39 is 0 Å². The van der Waals surface area contributed by atoms with E-state index in [1.807, 2.05) is 47.0 Å². The molecule has 0 aliphatic carbocycles. The number of likely N-dealkylation sites (N-methyl/N-ethyl adjacent to an activating group) is 2. The Kier molecular flexibility index (Phi) is 7.05. The fraction of sp³-hybridized carbons (Fsp3) is 0.400. The third-order valence-corrected chi connectivity index (χ3v) is 4.84. The van der Waals surface area contributed by atoms with Crippen LogP contribution in [0.25, 0.3) is 0 Å². The van der Waals surface area contributed by atoms with E-state index in [2.05, 4.69) is 20.5 Å². The van der Waals surface area contributed by atoms with Gasteiger partial charge in [0.1, 0.15) is 0 Å². The van der Waals surface area contributed by atoms with Gasteiger partial charge in [-0.3, -0.25) is 9.59 Å². The molecule has 0 atom stereocenters. The van der Waals surface area contributed by atoms with Crippen molar-refractivity contribution in [2.45, 2.75) is 27.3 Å². The van der Waals surface area contributed by atoms with Gasteiger partial charge >= 0.3 is 0 Å². The molecule has 0 radical (unpaired) electrons. The predicted octanol–water partition coefficient (Wildman–Crippen LogP) is 2.54. The molecule has 2 rings (SSSR count). The minimum Gasteiger partial charge on any atom is -0.373 e. The first-order chi connectivity index (χ1) is 12.7. The van der Waals surface area contributed by atoms with Crippen molar-refractivity contribution < 1.29 is 4.79 Å². The second-order valence-electron chi connectivity index (χ2n) is 6.75. The Morgan fingerprint density at radius 3 is 2.56 bits per heavy atom. The summed E-state index contributed by atoms with van der Waals surface area (Å²) in [6, 6.07) is 5.41. The van der Waals surface area contributed by atoms with E-state index in [-0.39, 0.29) is 18.0 Å². The molecule has 0 unspecified atom stereocenters. The highest BCUT2D eigenvalue weighted by atomic mass is 35.5. The Balaban J connectivity index is 2.24. The maximum atomic E-state index is 12.8. The number of nitrogens with one attached hydrogen (secondary N) is 3. The van der Waals surface area contributed by atoms with Gasteiger partial charge in [-0.05, 0) is 57.1 Å². The highest BCUT2D eigenvalue weighted by Gasteiger charge is 2.16. The number of anilines is 1. The third kappa shape index (κ3) is 5.11. The molecule has 0 spiro atoms. The molecule has 7 heteroatoms. The number of rotatable bonds is 7. The number of aryl methyl sites for hydroxylation is 2. The molecular formula is C20H27ClN4O2. The van der Waals surface area contributed by atoms with Crippen LogP contribution in [0.2, 0.25) is 5.02 Å². The minimum absolute atomic E-state index is 0.164. The fourth-order valence-corrected chi connectivity index (χ4v) is 3.27. The van der Waals surface area contributed by atoms with Crippen molar-refractivity contribution in [2.24, 2.45) is 0 Å². The lowest BCUT2D eigenvalue weighted by Crippen LogP contribution is -2.30. The van der Waals surface area contributed by atoms with Gasteiger partial charge in [-0.15, -0.1) is 0 Å². The summed E-state index contributed by atoms with van der Waals surface area (Å²) in [5, 5.41) is 6.45. The Morgan fingerprint density at radius 1 is 1.22 bits per heavy atom. The van der Waals surface area contributed by atoms with Crippen molar-refractivity contribution in [3.05, 3.63) is 61.5 Å². The van der Waals surface area contributed by atoms with Gasteiger partial charge in [0.25, 0.3) is 11.5 Å². The Bertz CT molecular complexity index is 892. The molecule has 6 nitrogen and oxygen atoms in total. The van der Waals surface area contributed by atoms with Crippen molar-refractivity contribution in [1.29, 1.82) is 0 Å². The number of H-pyrrole nitrogens is 1. The molecule has 0 aliphatic heterocycles. The predicted molar refractivity (Wildman–Crippen MR) is 111 cm³/mol. The number of carbonyl (C=O) groups excluding carboxylic acids is 1. The van der Waals surface area contributed by atoms with Crippen LogP contribution in [0.5, 0.6) is 0 Å². The van der Waals surface area contributed by atoms with Gasteiger partial charge in [0.2, 0.25) is 0 Å². The molecule has 0 fully saturated rings. The van der Waals surface area contributed by atoms with E-state index in [1.54, 1.807) is 6.07 Å². The van der Waals surface area contributed by atoms with Gasteiger partial charge in [-0.1, -0.05) is 11.6 Å². The first-order valence-electron chi connectivity index (χ1n) is 8.88. The van der Waals surface area contributed by atoms with Crippen LogP contribution in [0.3, 0.4) is 0 Å². The second kappa shape index (κ2) is 9.06. The van der Waals surface area contributed by atoms with Crippen molar-refractivity contribution in [3.63, 3.8) is 0 Å². The largest absolute Gasteiger partial charge is 0.373 e. The van der Waals surface area contributed by atoms with Crippen LogP contribution in [0, 0.1) is 20.8 Å². The molecule has 146 valence electrons. The first-order valence-corrected chi connectivity index (χ1v) is 9.25. The van der Waals surface area contributed by atoms with Crippen molar-refractivity contribution >= 4 is 23.2 Å². The van der Waals surface area contributed by atoms with Crippen LogP contribution in [0.4, 0.5) is 5.69 Å². The summed E-state index contributed by atoms with van der Waals surface area (Å²) < 4.78 is 0. The summed E-state index contributed by atoms with van der Waals surface area (Å²) in [5.41, 5.74) is 4.30. The monoisotopic (exact) mass is 390 g/mol. The summed E-state index contributed by atoms with van der Waals surface area (Å²) in [5.74, 6) is -0.252. The topological polar surface area (TPSA) is 77.2 Å². The number of amides is 1. The zero-order chi connectivity index (χ0) is 20.1. The van der Waals surface area contributed by atoms with Crippen LogP contribution in [-0.2, 0) is 6.54 Å². The second-order valence-corrected chi connectivity index (χ2v) is 7.18. The third-order valence-electron chi connectivity index (χ3n) is 4.62. The maximum Gasteiger partial charge on any atom is 0.253 e. The number of halogens is 1. The van der Waals surface area contributed by atoms with Crippen LogP contribution in [0.15, 0.2) is 23.0 Å². The molecule has 1 aromatic carbocycles. The Labute approximate surface area is 164 Å². The van der Waals surface area contributed by atoms with Crippen molar-refractivity contribution in [1.82, 2.24) is 15.6 Å². The van der Waals surface area contributed by atoms with E-state index in [4.69, 9.17) is 11.6 Å². The molecule has 2 aromatic rings. The van der Waals surface area contributed by atoms with E-state index in [1.165, 1.54) is 0 Å². The van der Waals surface area contributed by atoms with Crippen molar-refractivity contribution in [2.75, 3.05) is 32.1 Å². The van der Waals surface area contributed by atoms with Crippen LogP contribution >= 0.6 is 11.6 Å². The number of pyridine rings is 1. The summed E-state index contributed by atoms with van der Waals surface area (Å²) in [6.07, 6.45) is 0. The zero-order valence-electron chi connectivity index (χ0n) is 16.5. The lowest BCUT2D eigenvalue weighted by Gasteiger charge is -2.23. The summed E-state index contributed by atoms with van der Waals surface area (Å²) in [4.78, 5) is 29.7. The average molecular weight is 391 g/mol. The van der Waals surface area contributed by atoms with E-state index >= 15 is 0 Å². The van der Waals surface area contributed by atoms with Gasteiger partial charge in [0.05, 0.1) is 0 Å². The first kappa shape index (κ1) is 21.0. The SMILES string of the molecule is CNCCN(C)c1cc(Cl)cc(C(=O)NCc2c(C)cc(C)[nH]c2=O)c1C. The number of nitrogens with zero attached hydrogens (tertiary/aromatic N) is 1. The minimum atomic E-state index is -0.252. The van der Waals surface area contributed by atoms with Gasteiger partial charge < -0.3 is 20.5 Å². The number of benzene rings is 1. The highest BCUT2D eigenvalue weighted by Crippen LogP contribution is 2.27. The number of aromatic amines is 1. The van der Waals surface area contributed by atoms with Gasteiger partial charge in [-0.25, -0.2) is 0 Å². The van der Waals surface area contributed by atoms with Crippen LogP contribution < -0.4 is 21.1 Å². The molecule has 1 heterocycles. The zero-order valence-corrected chi connectivity index (χ0v) is 17.3. The summed E-state index contributed by atoms with van der Waals surface area (Å²) in [6.45, 7) is 7.37. The van der Waals surface area contributed by atoms with Gasteiger partial charge in [0, 0.05) is 54.2 Å². The quantitative estimate of drug-likeness (QED) is 0.679. The van der Waals surface area contributed by atoms with E-state index in [0.717, 1.165) is 35.6 Å². The lowest BCUT2D eigenvalue weighted by molar-refractivity contribution is 0.0950. The molecule has 1 aromatic heterocycles. The summed E-state index contributed by atoms with van der Waals surface area (Å²) in [7, 11) is 3.86. The van der Waals surface area contributed by atoms with Gasteiger partial charge in [0.15, 0.2) is 0 Å². The fourth-order valence-electron chi connectivity index (χ4n) is 3.06. The molecule has 0 saturated carbocycles. The number of hydrogen-bond donors (Lipinski definition) is 3. The number of aromatic nitrogens is 1. The van der Waals surface area contributed by atoms with Crippen molar-refractivity contribution in [3.8, 4) is 0 Å². The molecule has 0 bridgehead atoms. The molecule has 3 N–H and O–H groups in total. The number of carbonyl (C=O) groups is 1. The molecule has 0 aliphatic rings. The van der Waals surface area contributed by atoms with Crippen LogP contribution in [-0.4, -0.2) is 38.1 Å². The number of hydrogen-bond acceptors (Lipinski definition) is 4. The maximum absolute atomic E-state index is 12.8. The Morgan fingerprint density at radius 2 is 1.93 bits per heavy atom. The van der Waals surface area contributed by atoms with Crippen LogP contribution in [0.1, 0.15) is 32.7 Å². The highest BCUT2D eigenvalue weighted by molar-refractivity contribution is 6.31. The van der Waals surface area contributed by atoms with Gasteiger partial charge in [-0.2, -0.15) is 0 Å². The lowest BCUT2D eigenvalue weighted by atomic mass is 10.0. The normalized spacial score (nSPS) is 10.7. The molecule has 0 saturated heterocycles. The molecule has 1 amide bonds. The molecule has 27 heavy (non-hydrogen) atoms. The van der Waals surface area contributed by atoms with E-state index in [9.17, 15) is 9.59 Å². The standard InChI is InChI=1S/C20H27ClN4O2/c1-12-8-13(2)24-20(27)17(12)11-23-19(26)16-9-15(21)10-18(14(16)3)25(5)7-6-22-4/h8-10,22H,6-7,11H2,1-5H3,(H,23,26)(H,24,27). The average Bonchev–Trinajstić information content (AvgIpc) is 2.60.